The molecule has 1 aliphatic heterocycles. The van der Waals surface area contributed by atoms with Gasteiger partial charge < -0.3 is 15.5 Å². The number of likely N-dealkylation sites (N-methyl/N-ethyl adjacent to an activating group) is 1. The summed E-state index contributed by atoms with van der Waals surface area (Å²) in [7, 11) is 1.82. The van der Waals surface area contributed by atoms with Crippen LogP contribution in [0.1, 0.15) is 6.92 Å². The highest BCUT2D eigenvalue weighted by molar-refractivity contribution is 7.99. The molecule has 2 N–H and O–H groups in total. The second-order valence-corrected chi connectivity index (χ2v) is 7.61. The summed E-state index contributed by atoms with van der Waals surface area (Å²) in [5, 5.41) is 7.56. The molecular formula is C18H30ClN5S. The molecule has 1 aromatic rings. The van der Waals surface area contributed by atoms with Gasteiger partial charge in [0.25, 0.3) is 0 Å². The smallest absolute Gasteiger partial charge is 0.191 e. The molecule has 2 rings (SSSR count). The van der Waals surface area contributed by atoms with Gasteiger partial charge in [0.2, 0.25) is 0 Å². The highest BCUT2D eigenvalue weighted by Gasteiger charge is 2.14. The highest BCUT2D eigenvalue weighted by Crippen LogP contribution is 2.19. The van der Waals surface area contributed by atoms with Crippen molar-refractivity contribution >= 4 is 29.3 Å². The first-order chi connectivity index (χ1) is 12.2. The molecule has 0 amide bonds. The van der Waals surface area contributed by atoms with E-state index in [-0.39, 0.29) is 0 Å². The monoisotopic (exact) mass is 383 g/mol. The van der Waals surface area contributed by atoms with Crippen LogP contribution in [0.15, 0.2) is 34.2 Å². The molecule has 0 aliphatic carbocycles. The average molecular weight is 384 g/mol. The zero-order valence-corrected chi connectivity index (χ0v) is 16.9. The normalized spacial score (nSPS) is 16.8. The minimum Gasteiger partial charge on any atom is -0.356 e. The Bertz CT molecular complexity index is 515. The molecule has 0 bridgehead atoms. The van der Waals surface area contributed by atoms with Gasteiger partial charge in [0.15, 0.2) is 5.96 Å². The predicted octanol–water partition coefficient (Wildman–Crippen LogP) is 2.23. The third-order valence-corrected chi connectivity index (χ3v) is 5.60. The number of hydrogen-bond acceptors (Lipinski definition) is 4. The lowest BCUT2D eigenvalue weighted by molar-refractivity contribution is 0.139. The van der Waals surface area contributed by atoms with Crippen molar-refractivity contribution in [3.8, 4) is 0 Å². The van der Waals surface area contributed by atoms with E-state index in [1.807, 2.05) is 30.9 Å². The van der Waals surface area contributed by atoms with Gasteiger partial charge in [0, 0.05) is 68.5 Å². The number of rotatable bonds is 8. The van der Waals surface area contributed by atoms with E-state index >= 15 is 0 Å². The van der Waals surface area contributed by atoms with Gasteiger partial charge in [-0.15, -0.1) is 11.8 Å². The van der Waals surface area contributed by atoms with Crippen LogP contribution in [0.5, 0.6) is 0 Å². The molecule has 0 spiro atoms. The van der Waals surface area contributed by atoms with Gasteiger partial charge >= 0.3 is 0 Å². The largest absolute Gasteiger partial charge is 0.356 e. The number of guanidine groups is 1. The van der Waals surface area contributed by atoms with E-state index in [1.165, 1.54) is 31.1 Å². The summed E-state index contributed by atoms with van der Waals surface area (Å²) in [6, 6.07) is 7.97. The molecule has 25 heavy (non-hydrogen) atoms. The summed E-state index contributed by atoms with van der Waals surface area (Å²) in [5.41, 5.74) is 0. The molecule has 1 saturated heterocycles. The second-order valence-electron chi connectivity index (χ2n) is 6.00. The van der Waals surface area contributed by atoms with Gasteiger partial charge in [-0.05, 0) is 30.8 Å². The van der Waals surface area contributed by atoms with Crippen LogP contribution in [0.4, 0.5) is 0 Å². The molecule has 0 saturated carbocycles. The van der Waals surface area contributed by atoms with Crippen LogP contribution in [-0.4, -0.2) is 80.9 Å². The third-order valence-electron chi connectivity index (χ3n) is 4.33. The first kappa shape index (κ1) is 20.4. The van der Waals surface area contributed by atoms with E-state index in [0.717, 1.165) is 42.9 Å². The molecule has 140 valence electrons. The van der Waals surface area contributed by atoms with Crippen molar-refractivity contribution in [2.45, 2.75) is 11.8 Å². The van der Waals surface area contributed by atoms with Crippen molar-refractivity contribution in [1.82, 2.24) is 20.4 Å². The van der Waals surface area contributed by atoms with Gasteiger partial charge in [-0.1, -0.05) is 18.5 Å². The summed E-state index contributed by atoms with van der Waals surface area (Å²) < 4.78 is 0. The zero-order valence-electron chi connectivity index (χ0n) is 15.3. The molecule has 1 fully saturated rings. The second kappa shape index (κ2) is 11.6. The van der Waals surface area contributed by atoms with Crippen LogP contribution in [-0.2, 0) is 0 Å². The fourth-order valence-electron chi connectivity index (χ4n) is 2.75. The van der Waals surface area contributed by atoms with Crippen LogP contribution in [0, 0.1) is 0 Å². The standard InChI is InChI=1S/C18H30ClN5S/c1-3-23-11-13-24(14-12-23)10-8-21-18(20-2)22-9-15-25-17-6-4-16(19)5-7-17/h4-7H,3,8-15H2,1-2H3,(H2,20,21,22). The lowest BCUT2D eigenvalue weighted by Crippen LogP contribution is -2.49. The van der Waals surface area contributed by atoms with Crippen LogP contribution in [0.25, 0.3) is 0 Å². The van der Waals surface area contributed by atoms with Gasteiger partial charge in [-0.25, -0.2) is 0 Å². The Kier molecular flexibility index (Phi) is 9.47. The van der Waals surface area contributed by atoms with Crippen molar-refractivity contribution in [1.29, 1.82) is 0 Å². The Balaban J connectivity index is 1.55. The Hall–Kier alpha value is -0.950. The fraction of sp³-hybridized carbons (Fsp3) is 0.611. The van der Waals surface area contributed by atoms with Crippen molar-refractivity contribution in [3.05, 3.63) is 29.3 Å². The average Bonchev–Trinajstić information content (AvgIpc) is 2.65. The topological polar surface area (TPSA) is 42.9 Å². The summed E-state index contributed by atoms with van der Waals surface area (Å²) >= 11 is 7.71. The number of aliphatic imine (C=N–C) groups is 1. The number of benzene rings is 1. The molecule has 1 aliphatic rings. The molecule has 0 atom stereocenters. The molecule has 1 aromatic carbocycles. The number of hydrogen-bond donors (Lipinski definition) is 2. The summed E-state index contributed by atoms with van der Waals surface area (Å²) in [6.45, 7) is 11.0. The van der Waals surface area contributed by atoms with Gasteiger partial charge in [0.1, 0.15) is 0 Å². The summed E-state index contributed by atoms with van der Waals surface area (Å²) in [6.07, 6.45) is 0. The first-order valence-corrected chi connectivity index (χ1v) is 10.3. The van der Waals surface area contributed by atoms with Gasteiger partial charge in [-0.3, -0.25) is 9.89 Å². The maximum atomic E-state index is 5.90. The maximum Gasteiger partial charge on any atom is 0.191 e. The van der Waals surface area contributed by atoms with E-state index in [4.69, 9.17) is 11.6 Å². The summed E-state index contributed by atoms with van der Waals surface area (Å²) in [5.74, 6) is 1.87. The van der Waals surface area contributed by atoms with Crippen molar-refractivity contribution in [3.63, 3.8) is 0 Å². The summed E-state index contributed by atoms with van der Waals surface area (Å²) in [4.78, 5) is 10.5. The molecule has 5 nitrogen and oxygen atoms in total. The zero-order chi connectivity index (χ0) is 17.9. The first-order valence-electron chi connectivity index (χ1n) is 8.99. The van der Waals surface area contributed by atoms with Crippen molar-refractivity contribution < 1.29 is 0 Å². The van der Waals surface area contributed by atoms with E-state index in [0.29, 0.717) is 0 Å². The van der Waals surface area contributed by atoms with Gasteiger partial charge in [0.05, 0.1) is 0 Å². The number of nitrogens with one attached hydrogen (secondary N) is 2. The Morgan fingerprint density at radius 3 is 2.36 bits per heavy atom. The van der Waals surface area contributed by atoms with Crippen LogP contribution in [0.2, 0.25) is 5.02 Å². The molecule has 0 aromatic heterocycles. The van der Waals surface area contributed by atoms with Crippen LogP contribution >= 0.6 is 23.4 Å². The highest BCUT2D eigenvalue weighted by atomic mass is 35.5. The number of halogens is 1. The van der Waals surface area contributed by atoms with E-state index in [1.54, 1.807) is 0 Å². The van der Waals surface area contributed by atoms with E-state index < -0.39 is 0 Å². The fourth-order valence-corrected chi connectivity index (χ4v) is 3.65. The Morgan fingerprint density at radius 1 is 1.08 bits per heavy atom. The lowest BCUT2D eigenvalue weighted by atomic mass is 10.3. The molecule has 0 unspecified atom stereocenters. The van der Waals surface area contributed by atoms with E-state index in [9.17, 15) is 0 Å². The minimum atomic E-state index is 0.781. The predicted molar refractivity (Wildman–Crippen MR) is 110 cm³/mol. The van der Waals surface area contributed by atoms with Crippen molar-refractivity contribution in [2.24, 2.45) is 4.99 Å². The lowest BCUT2D eigenvalue weighted by Gasteiger charge is -2.34. The van der Waals surface area contributed by atoms with Crippen molar-refractivity contribution in [2.75, 3.05) is 65.2 Å². The molecule has 0 radical (unpaired) electrons. The maximum absolute atomic E-state index is 5.90. The quantitative estimate of drug-likeness (QED) is 0.312. The Labute approximate surface area is 161 Å². The third kappa shape index (κ3) is 7.86. The van der Waals surface area contributed by atoms with E-state index in [2.05, 4.69) is 44.5 Å². The molecular weight excluding hydrogens is 354 g/mol. The number of thioether (sulfide) groups is 1. The van der Waals surface area contributed by atoms with Crippen LogP contribution < -0.4 is 10.6 Å². The van der Waals surface area contributed by atoms with Crippen LogP contribution in [0.3, 0.4) is 0 Å². The number of nitrogens with zero attached hydrogens (tertiary/aromatic N) is 3. The SMILES string of the molecule is CCN1CCN(CCNC(=NC)NCCSc2ccc(Cl)cc2)CC1. The minimum absolute atomic E-state index is 0.781. The molecule has 7 heteroatoms. The Morgan fingerprint density at radius 2 is 1.72 bits per heavy atom. The number of piperazine rings is 1. The van der Waals surface area contributed by atoms with Gasteiger partial charge in [-0.2, -0.15) is 0 Å². The molecule has 1 heterocycles.